The molecule has 2 heterocycles. The largest absolute Gasteiger partial charge is 0.493 e. The minimum absolute atomic E-state index is 0.0428. The van der Waals surface area contributed by atoms with Gasteiger partial charge in [-0.1, -0.05) is 18.2 Å². The van der Waals surface area contributed by atoms with Crippen LogP contribution in [0.25, 0.3) is 11.0 Å². The van der Waals surface area contributed by atoms with E-state index < -0.39 is 0 Å². The van der Waals surface area contributed by atoms with E-state index >= 15 is 0 Å². The number of amides is 1. The van der Waals surface area contributed by atoms with Crippen molar-refractivity contribution < 1.29 is 13.9 Å². The van der Waals surface area contributed by atoms with Crippen molar-refractivity contribution >= 4 is 28.2 Å². The topological polar surface area (TPSA) is 51.5 Å². The molecular formula is C17H17NO3S. The molecule has 0 radical (unpaired) electrons. The molecule has 4 nitrogen and oxygen atoms in total. The minimum atomic E-state index is -0.206. The molecule has 114 valence electrons. The fourth-order valence-corrected chi connectivity index (χ4v) is 3.22. The lowest BCUT2D eigenvalue weighted by atomic mass is 10.2. The Hall–Kier alpha value is -2.27. The number of fused-ring (bicyclic) bond motifs is 1. The van der Waals surface area contributed by atoms with Crippen LogP contribution >= 0.6 is 11.3 Å². The highest BCUT2D eigenvalue weighted by Crippen LogP contribution is 2.28. The number of hydrogen-bond donors (Lipinski definition) is 1. The highest BCUT2D eigenvalue weighted by molar-refractivity contribution is 7.09. The van der Waals surface area contributed by atoms with Crippen molar-refractivity contribution in [2.45, 2.75) is 19.4 Å². The Bertz CT molecular complexity index is 776. The van der Waals surface area contributed by atoms with Gasteiger partial charge in [-0.2, -0.15) is 0 Å². The zero-order chi connectivity index (χ0) is 15.5. The van der Waals surface area contributed by atoms with Crippen molar-refractivity contribution in [3.63, 3.8) is 0 Å². The summed E-state index contributed by atoms with van der Waals surface area (Å²) in [6, 6.07) is 11.4. The second kappa shape index (κ2) is 6.23. The van der Waals surface area contributed by atoms with E-state index in [2.05, 4.69) is 11.4 Å². The fraction of sp³-hybridized carbons (Fsp3) is 0.235. The molecule has 0 aliphatic rings. The summed E-state index contributed by atoms with van der Waals surface area (Å²) in [5, 5.41) is 5.86. The van der Waals surface area contributed by atoms with Crippen molar-refractivity contribution in [2.75, 3.05) is 7.11 Å². The van der Waals surface area contributed by atoms with Crippen molar-refractivity contribution in [3.05, 3.63) is 52.4 Å². The monoisotopic (exact) mass is 315 g/mol. The van der Waals surface area contributed by atoms with E-state index in [1.807, 2.05) is 36.6 Å². The summed E-state index contributed by atoms with van der Waals surface area (Å²) >= 11 is 1.69. The highest BCUT2D eigenvalue weighted by atomic mass is 32.1. The van der Waals surface area contributed by atoms with Gasteiger partial charge in [0.05, 0.1) is 7.11 Å². The first-order chi connectivity index (χ1) is 10.7. The molecule has 1 amide bonds. The summed E-state index contributed by atoms with van der Waals surface area (Å²) in [6.45, 7) is 1.99. The standard InChI is InChI=1S/C17H17NO3S/c1-11(9-13-6-4-8-22-13)18-17(19)15-10-12-5-3-7-14(20-2)16(12)21-15/h3-8,10-11H,9H2,1-2H3,(H,18,19). The summed E-state index contributed by atoms with van der Waals surface area (Å²) < 4.78 is 10.9. The second-order valence-electron chi connectivity index (χ2n) is 5.15. The number of thiophene rings is 1. The van der Waals surface area contributed by atoms with Crippen LogP contribution < -0.4 is 10.1 Å². The Kier molecular flexibility index (Phi) is 4.15. The molecule has 1 atom stereocenters. The molecule has 0 bridgehead atoms. The molecule has 0 saturated carbocycles. The number of rotatable bonds is 5. The van der Waals surface area contributed by atoms with E-state index in [9.17, 15) is 4.79 Å². The third kappa shape index (κ3) is 2.99. The number of carbonyl (C=O) groups excluding carboxylic acids is 1. The van der Waals surface area contributed by atoms with Crippen LogP contribution in [-0.4, -0.2) is 19.1 Å². The van der Waals surface area contributed by atoms with Gasteiger partial charge < -0.3 is 14.5 Å². The molecule has 1 unspecified atom stereocenters. The number of ether oxygens (including phenoxy) is 1. The molecule has 0 spiro atoms. The van der Waals surface area contributed by atoms with E-state index in [-0.39, 0.29) is 11.9 Å². The molecule has 0 aliphatic carbocycles. The average Bonchev–Trinajstić information content (AvgIpc) is 3.15. The molecule has 0 fully saturated rings. The van der Waals surface area contributed by atoms with Gasteiger partial charge in [0.2, 0.25) is 0 Å². The molecule has 0 aliphatic heterocycles. The normalized spacial score (nSPS) is 12.3. The minimum Gasteiger partial charge on any atom is -0.493 e. The molecule has 3 aromatic rings. The van der Waals surface area contributed by atoms with Gasteiger partial charge >= 0.3 is 0 Å². The number of methoxy groups -OCH3 is 1. The number of benzene rings is 1. The smallest absolute Gasteiger partial charge is 0.287 e. The summed E-state index contributed by atoms with van der Waals surface area (Å²) in [5.41, 5.74) is 0.598. The van der Waals surface area contributed by atoms with E-state index in [1.165, 1.54) is 4.88 Å². The van der Waals surface area contributed by atoms with E-state index in [1.54, 1.807) is 24.5 Å². The molecule has 5 heteroatoms. The molecule has 2 aromatic heterocycles. The van der Waals surface area contributed by atoms with Gasteiger partial charge in [-0.15, -0.1) is 11.3 Å². The molecule has 1 aromatic carbocycles. The van der Waals surface area contributed by atoms with Gasteiger partial charge in [0, 0.05) is 22.7 Å². The van der Waals surface area contributed by atoms with Crippen LogP contribution in [0.1, 0.15) is 22.4 Å². The third-order valence-electron chi connectivity index (χ3n) is 3.42. The van der Waals surface area contributed by atoms with Crippen LogP contribution in [0.15, 0.2) is 46.2 Å². The quantitative estimate of drug-likeness (QED) is 0.777. The van der Waals surface area contributed by atoms with Gasteiger partial charge in [-0.05, 0) is 30.5 Å². The average molecular weight is 315 g/mol. The summed E-state index contributed by atoms with van der Waals surface area (Å²) in [5.74, 6) is 0.725. The molecule has 1 N–H and O–H groups in total. The number of nitrogens with one attached hydrogen (secondary N) is 1. The molecule has 0 saturated heterocycles. The van der Waals surface area contributed by atoms with Gasteiger partial charge in [-0.3, -0.25) is 4.79 Å². The van der Waals surface area contributed by atoms with Crippen molar-refractivity contribution in [3.8, 4) is 5.75 Å². The van der Waals surface area contributed by atoms with Gasteiger partial charge in [-0.25, -0.2) is 0 Å². The maximum atomic E-state index is 12.3. The van der Waals surface area contributed by atoms with Gasteiger partial charge in [0.25, 0.3) is 5.91 Å². The number of furan rings is 1. The van der Waals surface area contributed by atoms with Crippen LogP contribution in [-0.2, 0) is 6.42 Å². The second-order valence-corrected chi connectivity index (χ2v) is 6.18. The van der Waals surface area contributed by atoms with Crippen LogP contribution in [0.4, 0.5) is 0 Å². The van der Waals surface area contributed by atoms with E-state index in [0.29, 0.717) is 17.1 Å². The number of hydrogen-bond acceptors (Lipinski definition) is 4. The summed E-state index contributed by atoms with van der Waals surface area (Å²) in [4.78, 5) is 13.6. The first-order valence-corrected chi connectivity index (χ1v) is 7.95. The zero-order valence-corrected chi connectivity index (χ0v) is 13.3. The Morgan fingerprint density at radius 1 is 1.36 bits per heavy atom. The lowest BCUT2D eigenvalue weighted by Crippen LogP contribution is -2.33. The maximum absolute atomic E-state index is 12.3. The van der Waals surface area contributed by atoms with Crippen molar-refractivity contribution in [1.82, 2.24) is 5.32 Å². The van der Waals surface area contributed by atoms with E-state index in [0.717, 1.165) is 11.8 Å². The van der Waals surface area contributed by atoms with Gasteiger partial charge in [0.1, 0.15) is 0 Å². The van der Waals surface area contributed by atoms with Crippen LogP contribution in [0.3, 0.4) is 0 Å². The van der Waals surface area contributed by atoms with Crippen molar-refractivity contribution in [2.24, 2.45) is 0 Å². The third-order valence-corrected chi connectivity index (χ3v) is 4.32. The Morgan fingerprint density at radius 3 is 2.95 bits per heavy atom. The summed E-state index contributed by atoms with van der Waals surface area (Å²) in [6.07, 6.45) is 0.812. The lowest BCUT2D eigenvalue weighted by molar-refractivity contribution is 0.0914. The molecular weight excluding hydrogens is 298 g/mol. The summed E-state index contributed by atoms with van der Waals surface area (Å²) in [7, 11) is 1.58. The molecule has 3 rings (SSSR count). The zero-order valence-electron chi connectivity index (χ0n) is 12.5. The number of para-hydroxylation sites is 1. The lowest BCUT2D eigenvalue weighted by Gasteiger charge is -2.11. The van der Waals surface area contributed by atoms with Crippen LogP contribution in [0.5, 0.6) is 5.75 Å². The Balaban J connectivity index is 1.74. The Labute approximate surface area is 132 Å². The molecule has 22 heavy (non-hydrogen) atoms. The predicted molar refractivity (Wildman–Crippen MR) is 87.7 cm³/mol. The van der Waals surface area contributed by atoms with Crippen LogP contribution in [0.2, 0.25) is 0 Å². The van der Waals surface area contributed by atoms with Crippen molar-refractivity contribution in [1.29, 1.82) is 0 Å². The maximum Gasteiger partial charge on any atom is 0.287 e. The Morgan fingerprint density at radius 2 is 2.23 bits per heavy atom. The first-order valence-electron chi connectivity index (χ1n) is 7.07. The fourth-order valence-electron chi connectivity index (χ4n) is 2.39. The highest BCUT2D eigenvalue weighted by Gasteiger charge is 2.16. The first kappa shape index (κ1) is 14.7. The van der Waals surface area contributed by atoms with E-state index in [4.69, 9.17) is 9.15 Å². The van der Waals surface area contributed by atoms with Crippen LogP contribution in [0, 0.1) is 0 Å². The predicted octanol–water partition coefficient (Wildman–Crippen LogP) is 3.86. The SMILES string of the molecule is COc1cccc2cc(C(=O)NC(C)Cc3cccs3)oc12. The number of carbonyl (C=O) groups is 1. The van der Waals surface area contributed by atoms with Gasteiger partial charge in [0.15, 0.2) is 17.1 Å².